The molecular formula is C10H12FN3O2. The van der Waals surface area contributed by atoms with E-state index in [9.17, 15) is 9.18 Å². The highest BCUT2D eigenvalue weighted by Gasteiger charge is 2.20. The Hall–Kier alpha value is -1.85. The molecule has 5 nitrogen and oxygen atoms in total. The summed E-state index contributed by atoms with van der Waals surface area (Å²) in [5.41, 5.74) is 0. The highest BCUT2D eigenvalue weighted by Crippen LogP contribution is 2.13. The first-order valence-electron chi connectivity index (χ1n) is 5.01. The van der Waals surface area contributed by atoms with Crippen LogP contribution in [0.2, 0.25) is 0 Å². The Kier molecular flexibility index (Phi) is 2.89. The molecule has 0 spiro atoms. The molecule has 0 bridgehead atoms. The van der Waals surface area contributed by atoms with E-state index < -0.39 is 6.09 Å². The fraction of sp³-hybridized carbons (Fsp3) is 0.400. The minimum Gasteiger partial charge on any atom is -0.465 e. The van der Waals surface area contributed by atoms with E-state index in [1.165, 1.54) is 17.2 Å². The second kappa shape index (κ2) is 4.34. The summed E-state index contributed by atoms with van der Waals surface area (Å²) in [4.78, 5) is 17.9. The van der Waals surface area contributed by atoms with E-state index in [0.717, 1.165) is 0 Å². The molecule has 1 aromatic rings. The van der Waals surface area contributed by atoms with Crippen LogP contribution < -0.4 is 4.90 Å². The number of pyridine rings is 1. The molecule has 2 rings (SSSR count). The van der Waals surface area contributed by atoms with Gasteiger partial charge in [-0.3, -0.25) is 0 Å². The van der Waals surface area contributed by atoms with E-state index in [1.54, 1.807) is 6.07 Å². The molecule has 1 aliphatic heterocycles. The van der Waals surface area contributed by atoms with Crippen LogP contribution in [0.5, 0.6) is 0 Å². The molecule has 1 saturated heterocycles. The Morgan fingerprint density at radius 2 is 2.00 bits per heavy atom. The van der Waals surface area contributed by atoms with Crippen molar-refractivity contribution in [1.82, 2.24) is 9.88 Å². The summed E-state index contributed by atoms with van der Waals surface area (Å²) in [7, 11) is 0. The average Bonchev–Trinajstić information content (AvgIpc) is 2.30. The van der Waals surface area contributed by atoms with Crippen molar-refractivity contribution in [3.8, 4) is 0 Å². The summed E-state index contributed by atoms with van der Waals surface area (Å²) in [6.45, 7) is 2.08. The third-order valence-electron chi connectivity index (χ3n) is 2.59. The summed E-state index contributed by atoms with van der Waals surface area (Å²) in [5, 5.41) is 8.77. The van der Waals surface area contributed by atoms with Crippen molar-refractivity contribution in [2.24, 2.45) is 0 Å². The second-order valence-electron chi connectivity index (χ2n) is 3.59. The van der Waals surface area contributed by atoms with Gasteiger partial charge in [-0.1, -0.05) is 0 Å². The molecule has 1 aromatic heterocycles. The minimum atomic E-state index is -0.897. The van der Waals surface area contributed by atoms with Gasteiger partial charge in [0.15, 0.2) is 0 Å². The zero-order valence-electron chi connectivity index (χ0n) is 8.64. The molecule has 0 radical (unpaired) electrons. The second-order valence-corrected chi connectivity index (χ2v) is 3.59. The quantitative estimate of drug-likeness (QED) is 0.775. The van der Waals surface area contributed by atoms with Gasteiger partial charge in [0, 0.05) is 26.2 Å². The van der Waals surface area contributed by atoms with E-state index in [2.05, 4.69) is 4.98 Å². The summed E-state index contributed by atoms with van der Waals surface area (Å²) in [6.07, 6.45) is 0.269. The molecular weight excluding hydrogens is 213 g/mol. The van der Waals surface area contributed by atoms with Gasteiger partial charge < -0.3 is 14.9 Å². The predicted molar refractivity (Wildman–Crippen MR) is 56.0 cm³/mol. The number of rotatable bonds is 1. The van der Waals surface area contributed by atoms with Crippen LogP contribution in [0, 0.1) is 5.82 Å². The standard InChI is InChI=1S/C10H12FN3O2/c11-8-1-2-9(12-7-8)13-3-5-14(6-4-13)10(15)16/h1-2,7H,3-6H2,(H,15,16). The molecule has 0 aromatic carbocycles. The van der Waals surface area contributed by atoms with E-state index >= 15 is 0 Å². The molecule has 1 aliphatic rings. The van der Waals surface area contributed by atoms with Gasteiger partial charge >= 0.3 is 6.09 Å². The van der Waals surface area contributed by atoms with Crippen molar-refractivity contribution in [2.75, 3.05) is 31.1 Å². The van der Waals surface area contributed by atoms with Crippen molar-refractivity contribution in [3.05, 3.63) is 24.1 Å². The van der Waals surface area contributed by atoms with Crippen molar-refractivity contribution in [2.45, 2.75) is 0 Å². The lowest BCUT2D eigenvalue weighted by molar-refractivity contribution is 0.142. The van der Waals surface area contributed by atoms with Gasteiger partial charge in [0.2, 0.25) is 0 Å². The monoisotopic (exact) mass is 225 g/mol. The van der Waals surface area contributed by atoms with Gasteiger partial charge in [-0.25, -0.2) is 14.2 Å². The van der Waals surface area contributed by atoms with Gasteiger partial charge in [-0.05, 0) is 12.1 Å². The van der Waals surface area contributed by atoms with Crippen LogP contribution in [0.3, 0.4) is 0 Å². The maximum absolute atomic E-state index is 12.7. The Labute approximate surface area is 92.1 Å². The number of carbonyl (C=O) groups is 1. The maximum atomic E-state index is 12.7. The highest BCUT2D eigenvalue weighted by molar-refractivity contribution is 5.65. The normalized spacial score (nSPS) is 16.3. The topological polar surface area (TPSA) is 56.7 Å². The van der Waals surface area contributed by atoms with Gasteiger partial charge in [0.25, 0.3) is 0 Å². The third kappa shape index (κ3) is 2.21. The van der Waals surface area contributed by atoms with Crippen molar-refractivity contribution in [1.29, 1.82) is 0 Å². The summed E-state index contributed by atoms with van der Waals surface area (Å²) < 4.78 is 12.7. The molecule has 1 amide bonds. The maximum Gasteiger partial charge on any atom is 0.407 e. The van der Waals surface area contributed by atoms with Crippen LogP contribution in [-0.2, 0) is 0 Å². The van der Waals surface area contributed by atoms with E-state index in [1.807, 2.05) is 4.90 Å². The molecule has 0 aliphatic carbocycles. The number of piperazine rings is 1. The van der Waals surface area contributed by atoms with Crippen LogP contribution in [0.25, 0.3) is 0 Å². The van der Waals surface area contributed by atoms with Crippen molar-refractivity contribution < 1.29 is 14.3 Å². The smallest absolute Gasteiger partial charge is 0.407 e. The fourth-order valence-electron chi connectivity index (χ4n) is 1.68. The molecule has 0 atom stereocenters. The number of carboxylic acid groups (broad SMARTS) is 1. The summed E-state index contributed by atoms with van der Waals surface area (Å²) >= 11 is 0. The largest absolute Gasteiger partial charge is 0.465 e. The average molecular weight is 225 g/mol. The van der Waals surface area contributed by atoms with E-state index in [4.69, 9.17) is 5.11 Å². The molecule has 1 fully saturated rings. The summed E-state index contributed by atoms with van der Waals surface area (Å²) in [6, 6.07) is 2.96. The predicted octanol–water partition coefficient (Wildman–Crippen LogP) is 1.02. The molecule has 1 N–H and O–H groups in total. The number of aromatic nitrogens is 1. The van der Waals surface area contributed by atoms with E-state index in [-0.39, 0.29) is 5.82 Å². The van der Waals surface area contributed by atoms with Crippen LogP contribution in [0.4, 0.5) is 15.0 Å². The van der Waals surface area contributed by atoms with Gasteiger partial charge in [0.05, 0.1) is 6.20 Å². The molecule has 6 heteroatoms. The first-order chi connectivity index (χ1) is 7.66. The number of amides is 1. The van der Waals surface area contributed by atoms with Crippen LogP contribution in [0.1, 0.15) is 0 Å². The van der Waals surface area contributed by atoms with Gasteiger partial charge in [-0.15, -0.1) is 0 Å². The SMILES string of the molecule is O=C(O)N1CCN(c2ccc(F)cn2)CC1. The first-order valence-corrected chi connectivity index (χ1v) is 5.01. The number of hydrogen-bond acceptors (Lipinski definition) is 3. The number of anilines is 1. The minimum absolute atomic E-state index is 0.368. The fourth-order valence-corrected chi connectivity index (χ4v) is 1.68. The van der Waals surface area contributed by atoms with Crippen LogP contribution >= 0.6 is 0 Å². The molecule has 0 unspecified atom stereocenters. The van der Waals surface area contributed by atoms with Gasteiger partial charge in [0.1, 0.15) is 11.6 Å². The Morgan fingerprint density at radius 1 is 1.31 bits per heavy atom. The lowest BCUT2D eigenvalue weighted by Gasteiger charge is -2.33. The van der Waals surface area contributed by atoms with Gasteiger partial charge in [-0.2, -0.15) is 0 Å². The number of halogens is 1. The lowest BCUT2D eigenvalue weighted by Crippen LogP contribution is -2.48. The van der Waals surface area contributed by atoms with Crippen LogP contribution in [-0.4, -0.2) is 47.3 Å². The molecule has 86 valence electrons. The number of hydrogen-bond donors (Lipinski definition) is 1. The number of nitrogens with zero attached hydrogens (tertiary/aromatic N) is 3. The van der Waals surface area contributed by atoms with E-state index in [0.29, 0.717) is 32.0 Å². The Bertz CT molecular complexity index is 374. The Morgan fingerprint density at radius 3 is 2.50 bits per heavy atom. The molecule has 2 heterocycles. The lowest BCUT2D eigenvalue weighted by atomic mass is 10.3. The molecule has 16 heavy (non-hydrogen) atoms. The zero-order chi connectivity index (χ0) is 11.5. The first kappa shape index (κ1) is 10.7. The van der Waals surface area contributed by atoms with Crippen LogP contribution in [0.15, 0.2) is 18.3 Å². The highest BCUT2D eigenvalue weighted by atomic mass is 19.1. The Balaban J connectivity index is 1.99. The van der Waals surface area contributed by atoms with Crippen molar-refractivity contribution in [3.63, 3.8) is 0 Å². The zero-order valence-corrected chi connectivity index (χ0v) is 8.64. The summed E-state index contributed by atoms with van der Waals surface area (Å²) in [5.74, 6) is 0.319. The van der Waals surface area contributed by atoms with Crippen molar-refractivity contribution >= 4 is 11.9 Å². The molecule has 0 saturated carbocycles. The third-order valence-corrected chi connectivity index (χ3v) is 2.59.